The van der Waals surface area contributed by atoms with Crippen LogP contribution in [0.5, 0.6) is 0 Å². The third-order valence-electron chi connectivity index (χ3n) is 4.81. The van der Waals surface area contributed by atoms with E-state index in [-0.39, 0.29) is 17.7 Å². The van der Waals surface area contributed by atoms with Gasteiger partial charge in [0.05, 0.1) is 5.75 Å². The van der Waals surface area contributed by atoms with E-state index in [1.54, 1.807) is 0 Å². The van der Waals surface area contributed by atoms with E-state index in [9.17, 15) is 9.59 Å². The van der Waals surface area contributed by atoms with Gasteiger partial charge in [0.2, 0.25) is 11.8 Å². The highest BCUT2D eigenvalue weighted by Crippen LogP contribution is 2.38. The van der Waals surface area contributed by atoms with Crippen LogP contribution in [0, 0.1) is 5.92 Å². The first-order valence-corrected chi connectivity index (χ1v) is 12.2. The van der Waals surface area contributed by atoms with Gasteiger partial charge >= 0.3 is 0 Å². The molecular weight excluding hydrogens is 402 g/mol. The highest BCUT2D eigenvalue weighted by molar-refractivity contribution is 8.01. The van der Waals surface area contributed by atoms with Crippen LogP contribution in [-0.2, 0) is 9.59 Å². The smallest absolute Gasteiger partial charge is 0.230 e. The number of anilines is 1. The zero-order valence-corrected chi connectivity index (χ0v) is 18.7. The molecule has 2 aromatic rings. The summed E-state index contributed by atoms with van der Waals surface area (Å²) in [6.45, 7) is 4.22. The predicted octanol–water partition coefficient (Wildman–Crippen LogP) is 5.34. The quantitative estimate of drug-likeness (QED) is 0.471. The molecule has 0 atom stereocenters. The minimum Gasteiger partial charge on any atom is -0.353 e. The lowest BCUT2D eigenvalue weighted by molar-refractivity contribution is -0.120. The molecular formula is C22H29N3O2S2. The van der Waals surface area contributed by atoms with Crippen LogP contribution in [0.25, 0.3) is 11.3 Å². The average Bonchev–Trinajstić information content (AvgIpc) is 3.44. The first-order valence-electron chi connectivity index (χ1n) is 10.4. The van der Waals surface area contributed by atoms with Crippen molar-refractivity contribution in [3.8, 4) is 11.3 Å². The fourth-order valence-electron chi connectivity index (χ4n) is 3.18. The van der Waals surface area contributed by atoms with E-state index in [4.69, 9.17) is 4.98 Å². The normalized spacial score (nSPS) is 13.5. The number of carbonyl (C=O) groups is 2. The summed E-state index contributed by atoms with van der Waals surface area (Å²) in [6.07, 6.45) is 5.93. The van der Waals surface area contributed by atoms with Gasteiger partial charge in [-0.3, -0.25) is 9.59 Å². The monoisotopic (exact) mass is 431 g/mol. The molecule has 2 amide bonds. The lowest BCUT2D eigenvalue weighted by Gasteiger charge is -2.15. The fourth-order valence-corrected chi connectivity index (χ4v) is 5.06. The van der Waals surface area contributed by atoms with Crippen molar-refractivity contribution in [2.24, 2.45) is 5.92 Å². The number of hydrogen-bond acceptors (Lipinski definition) is 5. The van der Waals surface area contributed by atoms with Crippen molar-refractivity contribution in [3.63, 3.8) is 0 Å². The number of nitrogens with one attached hydrogen (secondary N) is 2. The number of thiazole rings is 1. The second kappa shape index (κ2) is 10.8. The molecule has 2 N–H and O–H groups in total. The third kappa shape index (κ3) is 6.57. The highest BCUT2D eigenvalue weighted by atomic mass is 32.2. The van der Waals surface area contributed by atoms with Crippen molar-refractivity contribution in [1.29, 1.82) is 0 Å². The lowest BCUT2D eigenvalue weighted by Crippen LogP contribution is -2.26. The summed E-state index contributed by atoms with van der Waals surface area (Å²) in [4.78, 5) is 29.6. The Morgan fingerprint density at radius 3 is 2.48 bits per heavy atom. The summed E-state index contributed by atoms with van der Waals surface area (Å²) >= 11 is 2.88. The second-order valence-corrected chi connectivity index (χ2v) is 9.64. The summed E-state index contributed by atoms with van der Waals surface area (Å²) in [5.41, 5.74) is 1.75. The molecule has 7 heteroatoms. The Labute approximate surface area is 181 Å². The van der Waals surface area contributed by atoms with E-state index in [1.165, 1.54) is 23.1 Å². The van der Waals surface area contributed by atoms with Crippen LogP contribution < -0.4 is 10.6 Å². The SMILES string of the molecule is CCCC(CCC)C(=O)Nc1sc(SCC(=O)NC2CC2)nc1-c1ccccc1. The van der Waals surface area contributed by atoms with Gasteiger partial charge in [0.25, 0.3) is 0 Å². The van der Waals surface area contributed by atoms with Gasteiger partial charge in [0.1, 0.15) is 10.7 Å². The molecule has 0 spiro atoms. The van der Waals surface area contributed by atoms with E-state index in [1.807, 2.05) is 30.3 Å². The number of benzene rings is 1. The van der Waals surface area contributed by atoms with Gasteiger partial charge in [-0.15, -0.1) is 0 Å². The Hall–Kier alpha value is -1.86. The van der Waals surface area contributed by atoms with Gasteiger partial charge in [0, 0.05) is 17.5 Å². The standard InChI is InChI=1S/C22H29N3O2S2/c1-3-8-16(9-4-2)20(27)25-21-19(15-10-6-5-7-11-15)24-22(29-21)28-14-18(26)23-17-12-13-17/h5-7,10-11,16-17H,3-4,8-9,12-14H2,1-2H3,(H,23,26)(H,25,27). The molecule has 156 valence electrons. The molecule has 1 aliphatic rings. The Bertz CT molecular complexity index is 813. The van der Waals surface area contributed by atoms with Gasteiger partial charge in [-0.05, 0) is 25.7 Å². The van der Waals surface area contributed by atoms with Crippen molar-refractivity contribution >= 4 is 39.9 Å². The topological polar surface area (TPSA) is 71.1 Å². The van der Waals surface area contributed by atoms with Crippen molar-refractivity contribution in [3.05, 3.63) is 30.3 Å². The molecule has 1 saturated carbocycles. The zero-order valence-electron chi connectivity index (χ0n) is 17.1. The molecule has 0 unspecified atom stereocenters. The molecule has 1 heterocycles. The Morgan fingerprint density at radius 2 is 1.86 bits per heavy atom. The average molecular weight is 432 g/mol. The van der Waals surface area contributed by atoms with Crippen LogP contribution in [-0.4, -0.2) is 28.6 Å². The van der Waals surface area contributed by atoms with Crippen LogP contribution in [0.2, 0.25) is 0 Å². The molecule has 1 aliphatic carbocycles. The van der Waals surface area contributed by atoms with Gasteiger partial charge in [-0.25, -0.2) is 4.98 Å². The molecule has 0 radical (unpaired) electrons. The van der Waals surface area contributed by atoms with Crippen LogP contribution in [0.1, 0.15) is 52.4 Å². The summed E-state index contributed by atoms with van der Waals surface area (Å²) in [6, 6.07) is 10.2. The molecule has 0 saturated heterocycles. The molecule has 1 fully saturated rings. The van der Waals surface area contributed by atoms with Crippen molar-refractivity contribution in [1.82, 2.24) is 10.3 Å². The minimum atomic E-state index is 0.0242. The van der Waals surface area contributed by atoms with Crippen molar-refractivity contribution in [2.45, 2.75) is 62.8 Å². The molecule has 1 aromatic carbocycles. The van der Waals surface area contributed by atoms with Crippen molar-refractivity contribution < 1.29 is 9.59 Å². The van der Waals surface area contributed by atoms with Crippen LogP contribution in [0.3, 0.4) is 0 Å². The van der Waals surface area contributed by atoms with E-state index in [0.29, 0.717) is 11.8 Å². The maximum Gasteiger partial charge on any atom is 0.230 e. The summed E-state index contributed by atoms with van der Waals surface area (Å²) in [7, 11) is 0. The van der Waals surface area contributed by atoms with Gasteiger partial charge in [-0.2, -0.15) is 0 Å². The third-order valence-corrected chi connectivity index (χ3v) is 6.92. The van der Waals surface area contributed by atoms with Crippen molar-refractivity contribution in [2.75, 3.05) is 11.1 Å². The molecule has 1 aromatic heterocycles. The van der Waals surface area contributed by atoms with Gasteiger partial charge in [0.15, 0.2) is 4.34 Å². The summed E-state index contributed by atoms with van der Waals surface area (Å²) in [5.74, 6) is 0.485. The van der Waals surface area contributed by atoms with Gasteiger partial charge < -0.3 is 10.6 Å². The fraction of sp³-hybridized carbons (Fsp3) is 0.500. The van der Waals surface area contributed by atoms with Gasteiger partial charge in [-0.1, -0.05) is 80.1 Å². The second-order valence-electron chi connectivity index (χ2n) is 7.42. The molecule has 5 nitrogen and oxygen atoms in total. The predicted molar refractivity (Wildman–Crippen MR) is 121 cm³/mol. The number of rotatable bonds is 11. The van der Waals surface area contributed by atoms with Crippen LogP contribution in [0.4, 0.5) is 5.00 Å². The number of amides is 2. The number of hydrogen-bond donors (Lipinski definition) is 2. The van der Waals surface area contributed by atoms with E-state index >= 15 is 0 Å². The molecule has 0 bridgehead atoms. The first kappa shape index (κ1) is 21.8. The summed E-state index contributed by atoms with van der Waals surface area (Å²) < 4.78 is 0.799. The number of nitrogens with zero attached hydrogens (tertiary/aromatic N) is 1. The lowest BCUT2D eigenvalue weighted by atomic mass is 9.97. The summed E-state index contributed by atoms with van der Waals surface area (Å²) in [5, 5.41) is 6.90. The van der Waals surface area contributed by atoms with Crippen LogP contribution >= 0.6 is 23.1 Å². The number of carbonyl (C=O) groups excluding carboxylic acids is 2. The number of thioether (sulfide) groups is 1. The largest absolute Gasteiger partial charge is 0.353 e. The maximum atomic E-state index is 12.9. The Morgan fingerprint density at radius 1 is 1.17 bits per heavy atom. The van der Waals surface area contributed by atoms with Crippen LogP contribution in [0.15, 0.2) is 34.7 Å². The molecule has 0 aliphatic heterocycles. The number of aromatic nitrogens is 1. The Kier molecular flexibility index (Phi) is 8.12. The van der Waals surface area contributed by atoms with E-state index in [0.717, 1.165) is 59.1 Å². The molecule has 3 rings (SSSR count). The first-order chi connectivity index (χ1) is 14.1. The highest BCUT2D eigenvalue weighted by Gasteiger charge is 2.24. The zero-order chi connectivity index (χ0) is 20.6. The molecule has 29 heavy (non-hydrogen) atoms. The van der Waals surface area contributed by atoms with E-state index in [2.05, 4.69) is 24.5 Å². The minimum absolute atomic E-state index is 0.0242. The van der Waals surface area contributed by atoms with E-state index < -0.39 is 0 Å². The Balaban J connectivity index is 1.75. The maximum absolute atomic E-state index is 12.9.